The SMILES string of the molecule is CC(C)(C)NCc1nccn1Cc1ccccc1F. The third kappa shape index (κ3) is 3.89. The van der Waals surface area contributed by atoms with Gasteiger partial charge in [0.15, 0.2) is 0 Å². The minimum absolute atomic E-state index is 0.0365. The second kappa shape index (κ2) is 5.53. The van der Waals surface area contributed by atoms with Crippen molar-refractivity contribution >= 4 is 0 Å². The van der Waals surface area contributed by atoms with Crippen molar-refractivity contribution in [1.82, 2.24) is 14.9 Å². The van der Waals surface area contributed by atoms with Crippen LogP contribution in [0, 0.1) is 5.82 Å². The first kappa shape index (κ1) is 13.7. The molecule has 0 unspecified atom stereocenters. The topological polar surface area (TPSA) is 29.9 Å². The monoisotopic (exact) mass is 261 g/mol. The van der Waals surface area contributed by atoms with Crippen LogP contribution in [-0.2, 0) is 13.1 Å². The normalized spacial score (nSPS) is 11.8. The smallest absolute Gasteiger partial charge is 0.128 e. The molecule has 0 atom stereocenters. The van der Waals surface area contributed by atoms with Gasteiger partial charge in [0.2, 0.25) is 0 Å². The van der Waals surface area contributed by atoms with Gasteiger partial charge in [0.25, 0.3) is 0 Å². The number of nitrogens with zero attached hydrogens (tertiary/aromatic N) is 2. The maximum Gasteiger partial charge on any atom is 0.128 e. The lowest BCUT2D eigenvalue weighted by molar-refractivity contribution is 0.412. The van der Waals surface area contributed by atoms with E-state index < -0.39 is 0 Å². The Kier molecular flexibility index (Phi) is 4.00. The number of nitrogens with one attached hydrogen (secondary N) is 1. The van der Waals surface area contributed by atoms with Crippen LogP contribution >= 0.6 is 0 Å². The van der Waals surface area contributed by atoms with Gasteiger partial charge in [0, 0.05) is 23.5 Å². The molecule has 0 saturated carbocycles. The lowest BCUT2D eigenvalue weighted by Crippen LogP contribution is -2.36. The molecule has 2 aromatic rings. The molecule has 0 aliphatic rings. The zero-order valence-electron chi connectivity index (χ0n) is 11.7. The van der Waals surface area contributed by atoms with Gasteiger partial charge in [-0.1, -0.05) is 18.2 Å². The van der Waals surface area contributed by atoms with Gasteiger partial charge in [0.1, 0.15) is 11.6 Å². The number of imidazole rings is 1. The standard InChI is InChI=1S/C15H20FN3/c1-15(2,3)18-10-14-17-8-9-19(14)11-12-6-4-5-7-13(12)16/h4-9,18H,10-11H2,1-3H3. The van der Waals surface area contributed by atoms with Gasteiger partial charge < -0.3 is 9.88 Å². The van der Waals surface area contributed by atoms with E-state index in [1.54, 1.807) is 18.3 Å². The van der Waals surface area contributed by atoms with Crippen LogP contribution in [0.4, 0.5) is 4.39 Å². The van der Waals surface area contributed by atoms with Crippen LogP contribution in [0.5, 0.6) is 0 Å². The number of benzene rings is 1. The first-order valence-electron chi connectivity index (χ1n) is 6.44. The number of halogens is 1. The highest BCUT2D eigenvalue weighted by Gasteiger charge is 2.11. The van der Waals surface area contributed by atoms with Gasteiger partial charge >= 0.3 is 0 Å². The average molecular weight is 261 g/mol. The predicted molar refractivity (Wildman–Crippen MR) is 74.3 cm³/mol. The Bertz CT molecular complexity index is 540. The second-order valence-electron chi connectivity index (χ2n) is 5.67. The molecule has 0 bridgehead atoms. The molecule has 1 heterocycles. The fourth-order valence-corrected chi connectivity index (χ4v) is 1.81. The van der Waals surface area contributed by atoms with Gasteiger partial charge in [-0.25, -0.2) is 9.37 Å². The molecule has 1 N–H and O–H groups in total. The zero-order valence-corrected chi connectivity index (χ0v) is 11.7. The van der Waals surface area contributed by atoms with Crippen LogP contribution in [0.25, 0.3) is 0 Å². The highest BCUT2D eigenvalue weighted by Crippen LogP contribution is 2.10. The number of hydrogen-bond acceptors (Lipinski definition) is 2. The minimum Gasteiger partial charge on any atom is -0.329 e. The van der Waals surface area contributed by atoms with E-state index >= 15 is 0 Å². The molecule has 0 aliphatic heterocycles. The third-order valence-corrected chi connectivity index (χ3v) is 2.88. The molecule has 0 aliphatic carbocycles. The van der Waals surface area contributed by atoms with E-state index in [9.17, 15) is 4.39 Å². The van der Waals surface area contributed by atoms with Crippen LogP contribution in [-0.4, -0.2) is 15.1 Å². The maximum atomic E-state index is 13.6. The van der Waals surface area contributed by atoms with Gasteiger partial charge in [-0.3, -0.25) is 0 Å². The van der Waals surface area contributed by atoms with Crippen molar-refractivity contribution in [2.24, 2.45) is 0 Å². The fraction of sp³-hybridized carbons (Fsp3) is 0.400. The van der Waals surface area contributed by atoms with Crippen LogP contribution in [0.3, 0.4) is 0 Å². The highest BCUT2D eigenvalue weighted by molar-refractivity contribution is 5.18. The van der Waals surface area contributed by atoms with E-state index in [2.05, 4.69) is 31.1 Å². The lowest BCUT2D eigenvalue weighted by atomic mass is 10.1. The molecule has 1 aromatic carbocycles. The molecule has 1 aromatic heterocycles. The Morgan fingerprint density at radius 2 is 2.00 bits per heavy atom. The predicted octanol–water partition coefficient (Wildman–Crippen LogP) is 2.96. The van der Waals surface area contributed by atoms with Crippen molar-refractivity contribution in [3.05, 3.63) is 53.9 Å². The molecule has 0 spiro atoms. The lowest BCUT2D eigenvalue weighted by Gasteiger charge is -2.20. The van der Waals surface area contributed by atoms with E-state index in [-0.39, 0.29) is 11.4 Å². The molecular formula is C15H20FN3. The average Bonchev–Trinajstić information content (AvgIpc) is 2.76. The van der Waals surface area contributed by atoms with Gasteiger partial charge in [-0.05, 0) is 26.8 Å². The fourth-order valence-electron chi connectivity index (χ4n) is 1.81. The Labute approximate surface area is 113 Å². The van der Waals surface area contributed by atoms with E-state index in [0.717, 1.165) is 5.82 Å². The van der Waals surface area contributed by atoms with E-state index in [1.807, 2.05) is 16.8 Å². The summed E-state index contributed by atoms with van der Waals surface area (Å²) in [5, 5.41) is 3.39. The summed E-state index contributed by atoms with van der Waals surface area (Å²) in [5.74, 6) is 0.740. The first-order chi connectivity index (χ1) is 8.96. The molecule has 0 amide bonds. The Hall–Kier alpha value is -1.68. The third-order valence-electron chi connectivity index (χ3n) is 2.88. The number of aromatic nitrogens is 2. The summed E-state index contributed by atoms with van der Waals surface area (Å²) in [7, 11) is 0. The Morgan fingerprint density at radius 1 is 1.26 bits per heavy atom. The largest absolute Gasteiger partial charge is 0.329 e. The maximum absolute atomic E-state index is 13.6. The second-order valence-corrected chi connectivity index (χ2v) is 5.67. The van der Waals surface area contributed by atoms with Crippen molar-refractivity contribution in [3.63, 3.8) is 0 Å². The molecule has 19 heavy (non-hydrogen) atoms. The van der Waals surface area contributed by atoms with E-state index in [0.29, 0.717) is 18.7 Å². The van der Waals surface area contributed by atoms with Gasteiger partial charge in [0.05, 0.1) is 13.1 Å². The molecule has 0 radical (unpaired) electrons. The molecule has 0 fully saturated rings. The molecular weight excluding hydrogens is 241 g/mol. The van der Waals surface area contributed by atoms with Crippen molar-refractivity contribution in [2.45, 2.75) is 39.4 Å². The molecule has 4 heteroatoms. The van der Waals surface area contributed by atoms with Crippen molar-refractivity contribution in [1.29, 1.82) is 0 Å². The number of rotatable bonds is 4. The molecule has 2 rings (SSSR count). The van der Waals surface area contributed by atoms with Crippen molar-refractivity contribution in [2.75, 3.05) is 0 Å². The van der Waals surface area contributed by atoms with Crippen LogP contribution < -0.4 is 5.32 Å². The molecule has 0 saturated heterocycles. The number of hydrogen-bond donors (Lipinski definition) is 1. The summed E-state index contributed by atoms with van der Waals surface area (Å²) >= 11 is 0. The summed E-state index contributed by atoms with van der Waals surface area (Å²) in [6.07, 6.45) is 3.63. The van der Waals surface area contributed by atoms with Crippen LogP contribution in [0.1, 0.15) is 32.2 Å². The molecule has 3 nitrogen and oxygen atoms in total. The summed E-state index contributed by atoms with van der Waals surface area (Å²) in [6, 6.07) is 6.84. The summed E-state index contributed by atoms with van der Waals surface area (Å²) in [5.41, 5.74) is 0.715. The quantitative estimate of drug-likeness (QED) is 0.917. The Balaban J connectivity index is 2.10. The van der Waals surface area contributed by atoms with E-state index in [4.69, 9.17) is 0 Å². The van der Waals surface area contributed by atoms with E-state index in [1.165, 1.54) is 6.07 Å². The van der Waals surface area contributed by atoms with Crippen LogP contribution in [0.2, 0.25) is 0 Å². The zero-order chi connectivity index (χ0) is 13.9. The highest BCUT2D eigenvalue weighted by atomic mass is 19.1. The minimum atomic E-state index is -0.175. The summed E-state index contributed by atoms with van der Waals surface area (Å²) < 4.78 is 15.6. The van der Waals surface area contributed by atoms with Gasteiger partial charge in [-0.15, -0.1) is 0 Å². The van der Waals surface area contributed by atoms with Crippen molar-refractivity contribution in [3.8, 4) is 0 Å². The van der Waals surface area contributed by atoms with Crippen LogP contribution in [0.15, 0.2) is 36.7 Å². The van der Waals surface area contributed by atoms with Gasteiger partial charge in [-0.2, -0.15) is 0 Å². The Morgan fingerprint density at radius 3 is 2.68 bits per heavy atom. The van der Waals surface area contributed by atoms with Crippen molar-refractivity contribution < 1.29 is 4.39 Å². The molecule has 102 valence electrons. The first-order valence-corrected chi connectivity index (χ1v) is 6.44. The summed E-state index contributed by atoms with van der Waals surface area (Å²) in [6.45, 7) is 7.50. The summed E-state index contributed by atoms with van der Waals surface area (Å²) in [4.78, 5) is 4.32.